The number of nitrogens with zero attached hydrogens (tertiary/aromatic N) is 2. The summed E-state index contributed by atoms with van der Waals surface area (Å²) in [5.41, 5.74) is -0.104. The Morgan fingerprint density at radius 1 is 1.04 bits per heavy atom. The monoisotopic (exact) mass is 346 g/mol. The number of anilines is 3. The molecule has 23 heavy (non-hydrogen) atoms. The molecule has 1 heterocycles. The Bertz CT molecular complexity index is 811. The summed E-state index contributed by atoms with van der Waals surface area (Å²) in [6, 6.07) is 4.54. The summed E-state index contributed by atoms with van der Waals surface area (Å²) in [4.78, 5) is 3.87. The molecule has 0 aliphatic rings. The largest absolute Gasteiger partial charge is 0.338 e. The third-order valence-corrected chi connectivity index (χ3v) is 4.24. The van der Waals surface area contributed by atoms with Crippen LogP contribution in [0.5, 0.6) is 0 Å². The van der Waals surface area contributed by atoms with Gasteiger partial charge in [0.15, 0.2) is 17.5 Å². The number of nitrogens with one attached hydrogen (secondary N) is 2. The summed E-state index contributed by atoms with van der Waals surface area (Å²) in [5, 5.41) is 2.47. The first-order valence-electron chi connectivity index (χ1n) is 6.27. The van der Waals surface area contributed by atoms with Gasteiger partial charge in [0.1, 0.15) is 5.82 Å². The van der Waals surface area contributed by atoms with Crippen molar-refractivity contribution in [3.8, 4) is 0 Å². The van der Waals surface area contributed by atoms with E-state index in [9.17, 15) is 21.6 Å². The quantitative estimate of drug-likeness (QED) is 0.816. The lowest BCUT2D eigenvalue weighted by molar-refractivity contribution is 0.449. The van der Waals surface area contributed by atoms with Crippen LogP contribution < -0.4 is 10.0 Å². The third-order valence-electron chi connectivity index (χ3n) is 2.79. The van der Waals surface area contributed by atoms with E-state index < -0.39 is 27.7 Å². The number of pyridine rings is 1. The van der Waals surface area contributed by atoms with Gasteiger partial charge in [-0.25, -0.2) is 18.2 Å². The lowest BCUT2D eigenvalue weighted by atomic mass is 10.2. The molecule has 0 unspecified atom stereocenters. The van der Waals surface area contributed by atoms with Crippen molar-refractivity contribution >= 4 is 27.4 Å². The van der Waals surface area contributed by atoms with Gasteiger partial charge >= 0.3 is 10.2 Å². The highest BCUT2D eigenvalue weighted by molar-refractivity contribution is 7.90. The Morgan fingerprint density at radius 3 is 2.30 bits per heavy atom. The Morgan fingerprint density at radius 2 is 1.74 bits per heavy atom. The fraction of sp³-hybridized carbons (Fsp3) is 0.154. The average molecular weight is 346 g/mol. The molecule has 0 saturated carbocycles. The minimum absolute atomic E-state index is 0.128. The van der Waals surface area contributed by atoms with Crippen LogP contribution in [-0.4, -0.2) is 31.8 Å². The molecule has 0 fully saturated rings. The van der Waals surface area contributed by atoms with E-state index in [0.717, 1.165) is 16.4 Å². The van der Waals surface area contributed by atoms with Crippen LogP contribution >= 0.6 is 0 Å². The van der Waals surface area contributed by atoms with E-state index in [1.807, 2.05) is 0 Å². The molecule has 0 aliphatic heterocycles. The predicted octanol–water partition coefficient (Wildman–Crippen LogP) is 2.46. The molecule has 6 nitrogen and oxygen atoms in total. The first kappa shape index (κ1) is 17.0. The van der Waals surface area contributed by atoms with Gasteiger partial charge in [-0.2, -0.15) is 12.7 Å². The van der Waals surface area contributed by atoms with E-state index in [-0.39, 0.29) is 17.2 Å². The normalized spacial score (nSPS) is 11.6. The van der Waals surface area contributed by atoms with Crippen molar-refractivity contribution in [1.82, 2.24) is 9.29 Å². The zero-order valence-electron chi connectivity index (χ0n) is 12.1. The summed E-state index contributed by atoms with van der Waals surface area (Å²) in [5.74, 6) is -4.13. The van der Waals surface area contributed by atoms with E-state index in [1.54, 1.807) is 0 Å². The maximum Gasteiger partial charge on any atom is 0.301 e. The standard InChI is InChI=1S/C13H13F3N4O2S/c1-20(2)23(21,22)19-8-3-6-11(17-7-8)18-10-5-4-9(14)12(15)13(10)16/h3-7,19H,1-2H3,(H,17,18). The number of hydrogen-bond acceptors (Lipinski definition) is 4. The average Bonchev–Trinajstić information content (AvgIpc) is 2.49. The third kappa shape index (κ3) is 3.90. The lowest BCUT2D eigenvalue weighted by Gasteiger charge is -2.13. The van der Waals surface area contributed by atoms with Crippen molar-refractivity contribution in [2.45, 2.75) is 0 Å². The van der Waals surface area contributed by atoms with E-state index in [0.29, 0.717) is 0 Å². The molecule has 0 saturated heterocycles. The number of aromatic nitrogens is 1. The van der Waals surface area contributed by atoms with Crippen molar-refractivity contribution in [2.24, 2.45) is 0 Å². The van der Waals surface area contributed by atoms with Crippen molar-refractivity contribution in [2.75, 3.05) is 24.1 Å². The first-order chi connectivity index (χ1) is 10.7. The molecule has 2 rings (SSSR count). The molecule has 0 atom stereocenters. The first-order valence-corrected chi connectivity index (χ1v) is 7.71. The molecular formula is C13H13F3N4O2S. The fourth-order valence-electron chi connectivity index (χ4n) is 1.53. The maximum atomic E-state index is 13.5. The Kier molecular flexibility index (Phi) is 4.76. The molecule has 0 amide bonds. The van der Waals surface area contributed by atoms with Gasteiger partial charge in [0.05, 0.1) is 17.6 Å². The van der Waals surface area contributed by atoms with Crippen LogP contribution in [0.25, 0.3) is 0 Å². The van der Waals surface area contributed by atoms with E-state index in [2.05, 4.69) is 15.0 Å². The van der Waals surface area contributed by atoms with Gasteiger partial charge in [0, 0.05) is 14.1 Å². The number of rotatable bonds is 5. The van der Waals surface area contributed by atoms with Crippen molar-refractivity contribution in [1.29, 1.82) is 0 Å². The van der Waals surface area contributed by atoms with Gasteiger partial charge in [-0.15, -0.1) is 0 Å². The van der Waals surface area contributed by atoms with E-state index in [1.165, 1.54) is 32.4 Å². The molecule has 2 aromatic rings. The van der Waals surface area contributed by atoms with Crippen LogP contribution in [-0.2, 0) is 10.2 Å². The van der Waals surface area contributed by atoms with Crippen LogP contribution in [0.15, 0.2) is 30.5 Å². The molecule has 0 radical (unpaired) electrons. The van der Waals surface area contributed by atoms with Crippen LogP contribution in [0.3, 0.4) is 0 Å². The van der Waals surface area contributed by atoms with Crippen LogP contribution in [0.1, 0.15) is 0 Å². The van der Waals surface area contributed by atoms with Gasteiger partial charge < -0.3 is 5.32 Å². The zero-order chi connectivity index (χ0) is 17.2. The van der Waals surface area contributed by atoms with Crippen molar-refractivity contribution in [3.05, 3.63) is 47.9 Å². The Labute approximate surface area is 131 Å². The summed E-state index contributed by atoms with van der Waals surface area (Å²) >= 11 is 0. The van der Waals surface area contributed by atoms with Crippen molar-refractivity contribution in [3.63, 3.8) is 0 Å². The Hall–Kier alpha value is -2.33. The summed E-state index contributed by atoms with van der Waals surface area (Å²) in [7, 11) is -0.951. The van der Waals surface area contributed by atoms with Gasteiger partial charge in [-0.3, -0.25) is 4.72 Å². The summed E-state index contributed by atoms with van der Waals surface area (Å²) in [6.45, 7) is 0. The second-order valence-electron chi connectivity index (χ2n) is 4.67. The number of hydrogen-bond donors (Lipinski definition) is 2. The zero-order valence-corrected chi connectivity index (χ0v) is 13.0. The number of benzene rings is 1. The molecule has 10 heteroatoms. The fourth-order valence-corrected chi connectivity index (χ4v) is 2.13. The highest BCUT2D eigenvalue weighted by Gasteiger charge is 2.15. The predicted molar refractivity (Wildman–Crippen MR) is 80.1 cm³/mol. The Balaban J connectivity index is 2.17. The van der Waals surface area contributed by atoms with Crippen LogP contribution in [0, 0.1) is 17.5 Å². The smallest absolute Gasteiger partial charge is 0.301 e. The maximum absolute atomic E-state index is 13.5. The van der Waals surface area contributed by atoms with Crippen LogP contribution in [0.4, 0.5) is 30.4 Å². The van der Waals surface area contributed by atoms with Gasteiger partial charge in [-0.1, -0.05) is 0 Å². The van der Waals surface area contributed by atoms with Gasteiger partial charge in [-0.05, 0) is 24.3 Å². The van der Waals surface area contributed by atoms with Gasteiger partial charge in [0.2, 0.25) is 0 Å². The molecule has 1 aromatic carbocycles. The molecule has 124 valence electrons. The van der Waals surface area contributed by atoms with E-state index in [4.69, 9.17) is 0 Å². The lowest BCUT2D eigenvalue weighted by Crippen LogP contribution is -2.28. The minimum atomic E-state index is -3.67. The molecular weight excluding hydrogens is 333 g/mol. The topological polar surface area (TPSA) is 74.3 Å². The second kappa shape index (κ2) is 6.42. The summed E-state index contributed by atoms with van der Waals surface area (Å²) < 4.78 is 66.0. The summed E-state index contributed by atoms with van der Waals surface area (Å²) in [6.07, 6.45) is 1.20. The molecule has 0 aliphatic carbocycles. The van der Waals surface area contributed by atoms with Gasteiger partial charge in [0.25, 0.3) is 0 Å². The van der Waals surface area contributed by atoms with Crippen LogP contribution in [0.2, 0.25) is 0 Å². The van der Waals surface area contributed by atoms with E-state index >= 15 is 0 Å². The molecule has 1 aromatic heterocycles. The van der Waals surface area contributed by atoms with Crippen molar-refractivity contribution < 1.29 is 21.6 Å². The highest BCUT2D eigenvalue weighted by Crippen LogP contribution is 2.23. The second-order valence-corrected chi connectivity index (χ2v) is 6.55. The molecule has 2 N–H and O–H groups in total. The highest BCUT2D eigenvalue weighted by atomic mass is 32.2. The number of halogens is 3. The minimum Gasteiger partial charge on any atom is -0.338 e. The molecule has 0 spiro atoms. The SMILES string of the molecule is CN(C)S(=O)(=O)Nc1ccc(Nc2ccc(F)c(F)c2F)nc1. The molecule has 0 bridgehead atoms.